The van der Waals surface area contributed by atoms with Gasteiger partial charge in [-0.25, -0.2) is 5.43 Å². The van der Waals surface area contributed by atoms with Crippen LogP contribution in [0.25, 0.3) is 0 Å². The van der Waals surface area contributed by atoms with Gasteiger partial charge in [0.15, 0.2) is 0 Å². The minimum atomic E-state index is -0.790. The van der Waals surface area contributed by atoms with Crippen LogP contribution in [0.4, 0.5) is 0 Å². The maximum Gasteiger partial charge on any atom is 0.321 e. The van der Waals surface area contributed by atoms with E-state index in [1.165, 1.54) is 32.1 Å². The van der Waals surface area contributed by atoms with E-state index in [1.54, 1.807) is 6.92 Å². The summed E-state index contributed by atoms with van der Waals surface area (Å²) in [7, 11) is 0. The average molecular weight is 238 g/mol. The first-order chi connectivity index (χ1) is 8.13. The summed E-state index contributed by atoms with van der Waals surface area (Å²) in [6, 6.07) is -0.00297. The molecule has 0 radical (unpaired) electrons. The summed E-state index contributed by atoms with van der Waals surface area (Å²) in [4.78, 5) is 10.8. The summed E-state index contributed by atoms with van der Waals surface area (Å²) < 4.78 is 0. The zero-order valence-electron chi connectivity index (χ0n) is 10.4. The first-order valence-electron chi connectivity index (χ1n) is 6.87. The summed E-state index contributed by atoms with van der Waals surface area (Å²) in [6.45, 7) is 1.69. The summed E-state index contributed by atoms with van der Waals surface area (Å²) in [5, 5.41) is 8.86. The molecule has 0 heterocycles. The molecular formula is C13H22N2O2. The van der Waals surface area contributed by atoms with Crippen LogP contribution in [0.2, 0.25) is 0 Å². The van der Waals surface area contributed by atoms with Crippen molar-refractivity contribution >= 4 is 5.97 Å². The molecule has 0 saturated heterocycles. The monoisotopic (exact) mass is 238 g/mol. The van der Waals surface area contributed by atoms with Gasteiger partial charge in [-0.05, 0) is 62.7 Å². The van der Waals surface area contributed by atoms with Crippen molar-refractivity contribution in [1.29, 1.82) is 0 Å². The van der Waals surface area contributed by atoms with Crippen LogP contribution in [0.15, 0.2) is 0 Å². The lowest BCUT2D eigenvalue weighted by atomic mass is 9.54. The predicted molar refractivity (Wildman–Crippen MR) is 64.2 cm³/mol. The summed E-state index contributed by atoms with van der Waals surface area (Å²) >= 11 is 0. The van der Waals surface area contributed by atoms with E-state index >= 15 is 0 Å². The highest BCUT2D eigenvalue weighted by atomic mass is 16.4. The van der Waals surface area contributed by atoms with E-state index in [2.05, 4.69) is 10.9 Å². The van der Waals surface area contributed by atoms with Gasteiger partial charge < -0.3 is 5.11 Å². The second-order valence-electron chi connectivity index (χ2n) is 6.31. The number of carboxylic acids is 1. The van der Waals surface area contributed by atoms with Gasteiger partial charge in [0.1, 0.15) is 6.04 Å². The Morgan fingerprint density at radius 1 is 1.12 bits per heavy atom. The molecule has 0 amide bonds. The first kappa shape index (κ1) is 11.5. The van der Waals surface area contributed by atoms with Crippen molar-refractivity contribution in [3.05, 3.63) is 0 Å². The molecule has 4 aliphatic rings. The minimum absolute atomic E-state index is 0.504. The third-order valence-corrected chi connectivity index (χ3v) is 5.06. The molecule has 4 aliphatic carbocycles. The standard InChI is InChI=1S/C13H22N2O2/c1-7(13(16)17)14-15-12-10-3-8-2-9(5-10)6-11(12)4-8/h7-12,14-15H,2-6H2,1H3,(H,16,17). The molecule has 0 aromatic rings. The Labute approximate surface area is 102 Å². The molecule has 3 N–H and O–H groups in total. The van der Waals surface area contributed by atoms with Gasteiger partial charge in [0, 0.05) is 6.04 Å². The van der Waals surface area contributed by atoms with Gasteiger partial charge in [0.05, 0.1) is 0 Å². The fourth-order valence-electron chi connectivity index (χ4n) is 4.44. The minimum Gasteiger partial charge on any atom is -0.480 e. The lowest BCUT2D eigenvalue weighted by Gasteiger charge is -2.54. The summed E-state index contributed by atoms with van der Waals surface area (Å²) in [5.41, 5.74) is 6.28. The highest BCUT2D eigenvalue weighted by Gasteiger charge is 2.48. The van der Waals surface area contributed by atoms with Gasteiger partial charge in [0.2, 0.25) is 0 Å². The van der Waals surface area contributed by atoms with Crippen LogP contribution in [0, 0.1) is 23.7 Å². The number of rotatable bonds is 4. The number of nitrogens with one attached hydrogen (secondary N) is 2. The molecule has 4 nitrogen and oxygen atoms in total. The van der Waals surface area contributed by atoms with Crippen LogP contribution >= 0.6 is 0 Å². The normalized spacial score (nSPS) is 44.9. The van der Waals surface area contributed by atoms with Crippen molar-refractivity contribution in [2.75, 3.05) is 0 Å². The van der Waals surface area contributed by atoms with Crippen LogP contribution < -0.4 is 10.9 Å². The van der Waals surface area contributed by atoms with Crippen molar-refractivity contribution in [2.24, 2.45) is 23.7 Å². The topological polar surface area (TPSA) is 61.4 Å². The lowest BCUT2D eigenvalue weighted by molar-refractivity contribution is -0.139. The van der Waals surface area contributed by atoms with Gasteiger partial charge in [-0.15, -0.1) is 0 Å². The zero-order valence-corrected chi connectivity index (χ0v) is 10.4. The molecule has 4 rings (SSSR count). The number of hydrazine groups is 1. The van der Waals surface area contributed by atoms with Gasteiger partial charge in [-0.1, -0.05) is 0 Å². The molecule has 0 aromatic heterocycles. The molecule has 96 valence electrons. The third kappa shape index (κ3) is 2.08. The molecule has 17 heavy (non-hydrogen) atoms. The third-order valence-electron chi connectivity index (χ3n) is 5.06. The fourth-order valence-corrected chi connectivity index (χ4v) is 4.44. The lowest BCUT2D eigenvalue weighted by Crippen LogP contribution is -2.59. The fraction of sp³-hybridized carbons (Fsp3) is 0.923. The van der Waals surface area contributed by atoms with Gasteiger partial charge >= 0.3 is 5.97 Å². The Bertz CT molecular complexity index is 291. The number of carbonyl (C=O) groups is 1. The Balaban J connectivity index is 1.59. The van der Waals surface area contributed by atoms with Crippen molar-refractivity contribution in [1.82, 2.24) is 10.9 Å². The Hall–Kier alpha value is -0.610. The second kappa shape index (κ2) is 4.25. The number of hydrogen-bond acceptors (Lipinski definition) is 3. The van der Waals surface area contributed by atoms with Crippen LogP contribution in [0.5, 0.6) is 0 Å². The number of carboxylic acid groups (broad SMARTS) is 1. The smallest absolute Gasteiger partial charge is 0.321 e. The van der Waals surface area contributed by atoms with E-state index in [0.717, 1.165) is 23.7 Å². The quantitative estimate of drug-likeness (QED) is 0.648. The average Bonchev–Trinajstić information content (AvgIpc) is 2.26. The van der Waals surface area contributed by atoms with E-state index in [9.17, 15) is 4.79 Å². The molecule has 0 spiro atoms. The van der Waals surface area contributed by atoms with Crippen molar-refractivity contribution < 1.29 is 9.90 Å². The van der Waals surface area contributed by atoms with Crippen molar-refractivity contribution in [3.63, 3.8) is 0 Å². The van der Waals surface area contributed by atoms with Crippen LogP contribution in [0.3, 0.4) is 0 Å². The maximum absolute atomic E-state index is 10.8. The SMILES string of the molecule is CC(NNC1C2CC3CC(C2)CC1C3)C(=O)O. The van der Waals surface area contributed by atoms with Crippen LogP contribution in [-0.4, -0.2) is 23.2 Å². The number of hydrogen-bond donors (Lipinski definition) is 3. The van der Waals surface area contributed by atoms with E-state index in [4.69, 9.17) is 5.11 Å². The predicted octanol–water partition coefficient (Wildman–Crippen LogP) is 1.38. The van der Waals surface area contributed by atoms with Crippen molar-refractivity contribution in [3.8, 4) is 0 Å². The molecule has 0 aromatic carbocycles. The largest absolute Gasteiger partial charge is 0.480 e. The molecule has 1 atom stereocenters. The van der Waals surface area contributed by atoms with Crippen LogP contribution in [0.1, 0.15) is 39.0 Å². The molecule has 0 aliphatic heterocycles. The Morgan fingerprint density at radius 2 is 1.65 bits per heavy atom. The molecule has 4 bridgehead atoms. The Morgan fingerprint density at radius 3 is 2.12 bits per heavy atom. The van der Waals surface area contributed by atoms with Gasteiger partial charge in [0.25, 0.3) is 0 Å². The van der Waals surface area contributed by atoms with E-state index < -0.39 is 12.0 Å². The maximum atomic E-state index is 10.8. The zero-order chi connectivity index (χ0) is 12.0. The molecule has 4 saturated carbocycles. The van der Waals surface area contributed by atoms with E-state index in [0.29, 0.717) is 6.04 Å². The highest BCUT2D eigenvalue weighted by Crippen LogP contribution is 2.53. The summed E-state index contributed by atoms with van der Waals surface area (Å²) in [5.74, 6) is 2.70. The van der Waals surface area contributed by atoms with Gasteiger partial charge in [-0.3, -0.25) is 10.2 Å². The highest BCUT2D eigenvalue weighted by molar-refractivity contribution is 5.72. The van der Waals surface area contributed by atoms with Crippen molar-refractivity contribution in [2.45, 2.75) is 51.1 Å². The van der Waals surface area contributed by atoms with E-state index in [-0.39, 0.29) is 0 Å². The van der Waals surface area contributed by atoms with E-state index in [1.807, 2.05) is 0 Å². The summed E-state index contributed by atoms with van der Waals surface area (Å²) in [6.07, 6.45) is 6.88. The van der Waals surface area contributed by atoms with Gasteiger partial charge in [-0.2, -0.15) is 0 Å². The first-order valence-corrected chi connectivity index (χ1v) is 6.87. The molecule has 4 fully saturated rings. The Kier molecular flexibility index (Phi) is 2.87. The van der Waals surface area contributed by atoms with Crippen LogP contribution in [-0.2, 0) is 4.79 Å². The molecular weight excluding hydrogens is 216 g/mol. The second-order valence-corrected chi connectivity index (χ2v) is 6.31. The molecule has 4 heteroatoms. The number of aliphatic carboxylic acids is 1. The molecule has 1 unspecified atom stereocenters.